The zero-order valence-electron chi connectivity index (χ0n) is 16.6. The van der Waals surface area contributed by atoms with Crippen molar-refractivity contribution in [1.29, 1.82) is 0 Å². The van der Waals surface area contributed by atoms with Gasteiger partial charge in [-0.25, -0.2) is 4.39 Å². The van der Waals surface area contributed by atoms with E-state index in [1.807, 2.05) is 30.3 Å². The molecule has 4 rings (SSSR count). The third kappa shape index (κ3) is 3.96. The van der Waals surface area contributed by atoms with E-state index in [4.69, 9.17) is 0 Å². The average Bonchev–Trinajstić information content (AvgIpc) is 3.07. The van der Waals surface area contributed by atoms with E-state index in [1.165, 1.54) is 23.0 Å². The van der Waals surface area contributed by atoms with E-state index in [2.05, 4.69) is 0 Å². The van der Waals surface area contributed by atoms with Crippen molar-refractivity contribution in [2.45, 2.75) is 26.4 Å². The number of aromatic nitrogens is 2. The van der Waals surface area contributed by atoms with Crippen molar-refractivity contribution in [3.05, 3.63) is 98.6 Å². The van der Waals surface area contributed by atoms with Crippen molar-refractivity contribution in [3.8, 4) is 5.69 Å². The largest absolute Gasteiger partial charge is 0.338 e. The minimum absolute atomic E-state index is 0.0420. The van der Waals surface area contributed by atoms with Crippen LogP contribution in [-0.4, -0.2) is 26.5 Å². The number of nitrogens with zero attached hydrogens (tertiary/aromatic N) is 3. The van der Waals surface area contributed by atoms with Gasteiger partial charge in [-0.2, -0.15) is 0 Å². The molecule has 1 aliphatic rings. The molecule has 2 heterocycles. The van der Waals surface area contributed by atoms with Gasteiger partial charge in [-0.3, -0.25) is 19.0 Å². The van der Waals surface area contributed by atoms with Gasteiger partial charge in [0.15, 0.2) is 0 Å². The second-order valence-electron chi connectivity index (χ2n) is 7.69. The summed E-state index contributed by atoms with van der Waals surface area (Å²) in [4.78, 5) is 39.3. The van der Waals surface area contributed by atoms with Gasteiger partial charge in [-0.05, 0) is 30.2 Å². The minimum Gasteiger partial charge on any atom is -0.338 e. The highest BCUT2D eigenvalue weighted by atomic mass is 19.1. The molecule has 0 bridgehead atoms. The average molecular weight is 407 g/mol. The lowest BCUT2D eigenvalue weighted by Gasteiger charge is -2.17. The number of aryl methyl sites for hydroxylation is 1. The summed E-state index contributed by atoms with van der Waals surface area (Å²) in [5.74, 6) is -0.446. The lowest BCUT2D eigenvalue weighted by Crippen LogP contribution is -2.41. The zero-order valence-corrected chi connectivity index (χ0v) is 16.6. The van der Waals surface area contributed by atoms with Crippen LogP contribution in [0.4, 0.5) is 4.39 Å². The first-order valence-electron chi connectivity index (χ1n) is 9.82. The van der Waals surface area contributed by atoms with Crippen molar-refractivity contribution in [2.24, 2.45) is 5.92 Å². The summed E-state index contributed by atoms with van der Waals surface area (Å²) in [7, 11) is 0. The summed E-state index contributed by atoms with van der Waals surface area (Å²) in [5.41, 5.74) is 0.388. The standard InChI is InChI=1S/C23H22FN3O3/c1-16-7-8-19(12-20(16)24)27-10-9-25(22(29)23(27)30)14-18-11-21(28)26(15-18)13-17-5-3-2-4-6-17/h2-10,12,18H,11,13-15H2,1H3. The van der Waals surface area contributed by atoms with E-state index in [1.54, 1.807) is 24.0 Å². The third-order valence-corrected chi connectivity index (χ3v) is 5.46. The molecule has 3 aromatic rings. The number of hydrogen-bond acceptors (Lipinski definition) is 3. The van der Waals surface area contributed by atoms with E-state index in [0.717, 1.165) is 10.1 Å². The van der Waals surface area contributed by atoms with Crippen LogP contribution in [-0.2, 0) is 17.9 Å². The van der Waals surface area contributed by atoms with Crippen molar-refractivity contribution < 1.29 is 9.18 Å². The summed E-state index contributed by atoms with van der Waals surface area (Å²) >= 11 is 0. The molecule has 1 fully saturated rings. The predicted molar refractivity (Wildman–Crippen MR) is 111 cm³/mol. The van der Waals surface area contributed by atoms with Crippen LogP contribution in [0, 0.1) is 18.7 Å². The molecule has 1 unspecified atom stereocenters. The Morgan fingerprint density at radius 2 is 1.77 bits per heavy atom. The number of halogens is 1. The fourth-order valence-electron chi connectivity index (χ4n) is 3.80. The van der Waals surface area contributed by atoms with Gasteiger partial charge in [0.05, 0.1) is 5.69 Å². The Balaban J connectivity index is 1.51. The van der Waals surface area contributed by atoms with Gasteiger partial charge in [-0.15, -0.1) is 0 Å². The molecule has 7 heteroatoms. The minimum atomic E-state index is -0.744. The lowest BCUT2D eigenvalue weighted by molar-refractivity contribution is -0.128. The number of rotatable bonds is 5. The van der Waals surface area contributed by atoms with Gasteiger partial charge >= 0.3 is 11.1 Å². The van der Waals surface area contributed by atoms with Crippen LogP contribution in [0.5, 0.6) is 0 Å². The van der Waals surface area contributed by atoms with E-state index in [0.29, 0.717) is 30.8 Å². The maximum Gasteiger partial charge on any atom is 0.320 e. The summed E-state index contributed by atoms with van der Waals surface area (Å²) in [5, 5.41) is 0. The Kier molecular flexibility index (Phi) is 5.35. The highest BCUT2D eigenvalue weighted by Crippen LogP contribution is 2.21. The highest BCUT2D eigenvalue weighted by molar-refractivity contribution is 5.78. The third-order valence-electron chi connectivity index (χ3n) is 5.46. The van der Waals surface area contributed by atoms with Crippen LogP contribution in [0.15, 0.2) is 70.5 Å². The number of carbonyl (C=O) groups excluding carboxylic acids is 1. The Morgan fingerprint density at radius 1 is 1.00 bits per heavy atom. The van der Waals surface area contributed by atoms with Gasteiger partial charge in [0.1, 0.15) is 5.82 Å². The first kappa shape index (κ1) is 19.8. The maximum atomic E-state index is 13.8. The van der Waals surface area contributed by atoms with Crippen LogP contribution in [0.25, 0.3) is 5.69 Å². The molecule has 1 aliphatic heterocycles. The molecule has 2 aromatic carbocycles. The molecule has 0 N–H and O–H groups in total. The number of likely N-dealkylation sites (tertiary alicyclic amines) is 1. The molecule has 1 amide bonds. The topological polar surface area (TPSA) is 64.3 Å². The lowest BCUT2D eigenvalue weighted by atomic mass is 10.1. The van der Waals surface area contributed by atoms with Gasteiger partial charge < -0.3 is 9.47 Å². The second kappa shape index (κ2) is 8.10. The van der Waals surface area contributed by atoms with Crippen molar-refractivity contribution >= 4 is 5.91 Å². The molecule has 154 valence electrons. The molecule has 30 heavy (non-hydrogen) atoms. The molecule has 0 radical (unpaired) electrons. The number of carbonyl (C=O) groups is 1. The van der Waals surface area contributed by atoms with Gasteiger partial charge in [-0.1, -0.05) is 36.4 Å². The molecule has 1 aromatic heterocycles. The first-order valence-corrected chi connectivity index (χ1v) is 9.82. The normalized spacial score (nSPS) is 16.3. The summed E-state index contributed by atoms with van der Waals surface area (Å²) in [6.45, 7) is 2.98. The van der Waals surface area contributed by atoms with E-state index < -0.39 is 16.9 Å². The smallest absolute Gasteiger partial charge is 0.320 e. The second-order valence-corrected chi connectivity index (χ2v) is 7.69. The van der Waals surface area contributed by atoms with Gasteiger partial charge in [0, 0.05) is 44.4 Å². The number of benzene rings is 2. The fourth-order valence-corrected chi connectivity index (χ4v) is 3.80. The molecular formula is C23H22FN3O3. The monoisotopic (exact) mass is 407 g/mol. The Bertz CT molecular complexity index is 1200. The van der Waals surface area contributed by atoms with Crippen LogP contribution < -0.4 is 11.1 Å². The van der Waals surface area contributed by atoms with Crippen molar-refractivity contribution in [1.82, 2.24) is 14.0 Å². The van der Waals surface area contributed by atoms with Crippen LogP contribution in [0.1, 0.15) is 17.5 Å². The summed E-state index contributed by atoms with van der Waals surface area (Å²) in [6.07, 6.45) is 3.32. The molecule has 1 atom stereocenters. The molecule has 0 saturated carbocycles. The SMILES string of the molecule is Cc1ccc(-n2ccn(CC3CC(=O)N(Cc4ccccc4)C3)c(=O)c2=O)cc1F. The Morgan fingerprint density at radius 3 is 2.50 bits per heavy atom. The molecule has 1 saturated heterocycles. The number of amides is 1. The molecule has 6 nitrogen and oxygen atoms in total. The number of hydrogen-bond donors (Lipinski definition) is 0. The van der Waals surface area contributed by atoms with E-state index >= 15 is 0 Å². The van der Waals surface area contributed by atoms with Gasteiger partial charge in [0.25, 0.3) is 0 Å². The molecule has 0 spiro atoms. The quantitative estimate of drug-likeness (QED) is 0.611. The molecular weight excluding hydrogens is 385 g/mol. The highest BCUT2D eigenvalue weighted by Gasteiger charge is 2.30. The van der Waals surface area contributed by atoms with Crippen molar-refractivity contribution in [3.63, 3.8) is 0 Å². The summed E-state index contributed by atoms with van der Waals surface area (Å²) < 4.78 is 16.3. The van der Waals surface area contributed by atoms with Crippen molar-refractivity contribution in [2.75, 3.05) is 6.54 Å². The molecule has 0 aliphatic carbocycles. The zero-order chi connectivity index (χ0) is 21.3. The summed E-state index contributed by atoms with van der Waals surface area (Å²) in [6, 6.07) is 14.1. The van der Waals surface area contributed by atoms with E-state index in [9.17, 15) is 18.8 Å². The van der Waals surface area contributed by atoms with E-state index in [-0.39, 0.29) is 18.4 Å². The Hall–Kier alpha value is -3.48. The van der Waals surface area contributed by atoms with Gasteiger partial charge in [0.2, 0.25) is 5.91 Å². The van der Waals surface area contributed by atoms with Crippen LogP contribution in [0.3, 0.4) is 0 Å². The Labute approximate surface area is 172 Å². The first-order chi connectivity index (χ1) is 14.4. The predicted octanol–water partition coefficient (Wildman–Crippen LogP) is 2.50. The maximum absolute atomic E-state index is 13.8. The van der Waals surface area contributed by atoms with Crippen LogP contribution >= 0.6 is 0 Å². The fraction of sp³-hybridized carbons (Fsp3) is 0.261. The van der Waals surface area contributed by atoms with Crippen LogP contribution in [0.2, 0.25) is 0 Å².